The molecule has 39 heavy (non-hydrogen) atoms. The highest BCUT2D eigenvalue weighted by molar-refractivity contribution is 7.92. The highest BCUT2D eigenvalue weighted by Crippen LogP contribution is 2.28. The predicted molar refractivity (Wildman–Crippen MR) is 157 cm³/mol. The van der Waals surface area contributed by atoms with Crippen LogP contribution in [-0.4, -0.2) is 43.8 Å². The fraction of sp³-hybridized carbons (Fsp3) is 0.310. The molecule has 0 radical (unpaired) electrons. The maximum atomic E-state index is 14.1. The van der Waals surface area contributed by atoms with Gasteiger partial charge in [-0.1, -0.05) is 66.5 Å². The van der Waals surface area contributed by atoms with E-state index in [1.165, 1.54) is 29.2 Å². The molecule has 0 aliphatic carbocycles. The van der Waals surface area contributed by atoms with Crippen molar-refractivity contribution in [2.75, 3.05) is 10.8 Å². The monoisotopic (exact) mass is 589 g/mol. The molecule has 0 saturated heterocycles. The molecule has 3 aromatic carbocycles. The van der Waals surface area contributed by atoms with Crippen LogP contribution in [0.5, 0.6) is 0 Å². The van der Waals surface area contributed by atoms with Crippen molar-refractivity contribution in [3.05, 3.63) is 94.0 Å². The van der Waals surface area contributed by atoms with Crippen LogP contribution in [0.25, 0.3) is 0 Å². The van der Waals surface area contributed by atoms with E-state index in [0.29, 0.717) is 33.3 Å². The number of amides is 2. The van der Waals surface area contributed by atoms with Crippen molar-refractivity contribution in [2.45, 2.75) is 57.6 Å². The number of aryl methyl sites for hydroxylation is 1. The molecule has 3 aromatic rings. The molecule has 0 bridgehead atoms. The van der Waals surface area contributed by atoms with Crippen LogP contribution in [0.3, 0.4) is 0 Å². The van der Waals surface area contributed by atoms with Gasteiger partial charge in [-0.15, -0.1) is 0 Å². The second-order valence-electron chi connectivity index (χ2n) is 9.45. The van der Waals surface area contributed by atoms with Crippen molar-refractivity contribution < 1.29 is 18.0 Å². The van der Waals surface area contributed by atoms with Crippen molar-refractivity contribution in [3.8, 4) is 0 Å². The van der Waals surface area contributed by atoms with E-state index in [1.807, 2.05) is 13.8 Å². The lowest BCUT2D eigenvalue weighted by Crippen LogP contribution is -2.53. The lowest BCUT2D eigenvalue weighted by atomic mass is 10.1. The molecule has 3 rings (SSSR count). The molecule has 0 heterocycles. The smallest absolute Gasteiger partial charge is 0.264 e. The minimum Gasteiger partial charge on any atom is -0.352 e. The Balaban J connectivity index is 2.09. The number of halogens is 2. The highest BCUT2D eigenvalue weighted by atomic mass is 35.5. The van der Waals surface area contributed by atoms with Crippen molar-refractivity contribution in [1.29, 1.82) is 0 Å². The minimum atomic E-state index is -4.17. The first kappa shape index (κ1) is 30.5. The molecular weight excluding hydrogens is 557 g/mol. The molecule has 0 spiro atoms. The molecule has 10 heteroatoms. The van der Waals surface area contributed by atoms with E-state index >= 15 is 0 Å². The van der Waals surface area contributed by atoms with Gasteiger partial charge in [0.1, 0.15) is 12.6 Å². The summed E-state index contributed by atoms with van der Waals surface area (Å²) in [5, 5.41) is 3.71. The zero-order valence-electron chi connectivity index (χ0n) is 22.4. The van der Waals surface area contributed by atoms with E-state index in [9.17, 15) is 18.0 Å². The lowest BCUT2D eigenvalue weighted by molar-refractivity contribution is -0.140. The number of nitrogens with one attached hydrogen (secondary N) is 1. The van der Waals surface area contributed by atoms with Crippen LogP contribution in [-0.2, 0) is 26.2 Å². The van der Waals surface area contributed by atoms with Gasteiger partial charge in [-0.25, -0.2) is 8.42 Å². The molecule has 1 N–H and O–H groups in total. The van der Waals surface area contributed by atoms with Crippen molar-refractivity contribution in [2.24, 2.45) is 0 Å². The van der Waals surface area contributed by atoms with E-state index in [4.69, 9.17) is 23.2 Å². The van der Waals surface area contributed by atoms with Crippen LogP contribution >= 0.6 is 23.2 Å². The molecule has 1 atom stereocenters. The van der Waals surface area contributed by atoms with Crippen LogP contribution in [0.4, 0.5) is 5.69 Å². The second kappa shape index (κ2) is 13.3. The number of sulfonamides is 1. The van der Waals surface area contributed by atoms with Gasteiger partial charge in [-0.05, 0) is 74.7 Å². The van der Waals surface area contributed by atoms with E-state index in [0.717, 1.165) is 4.31 Å². The van der Waals surface area contributed by atoms with Crippen molar-refractivity contribution in [3.63, 3.8) is 0 Å². The molecule has 7 nitrogen and oxygen atoms in total. The Morgan fingerprint density at radius 3 is 2.13 bits per heavy atom. The number of benzene rings is 3. The first-order chi connectivity index (χ1) is 18.4. The fourth-order valence-corrected chi connectivity index (χ4v) is 6.00. The van der Waals surface area contributed by atoms with E-state index in [-0.39, 0.29) is 23.4 Å². The number of rotatable bonds is 11. The summed E-state index contributed by atoms with van der Waals surface area (Å²) in [6.07, 6.45) is 0.322. The van der Waals surface area contributed by atoms with Crippen molar-refractivity contribution in [1.82, 2.24) is 10.2 Å². The third kappa shape index (κ3) is 7.53. The van der Waals surface area contributed by atoms with Gasteiger partial charge >= 0.3 is 0 Å². The summed E-state index contributed by atoms with van der Waals surface area (Å²) in [6.45, 7) is 6.77. The van der Waals surface area contributed by atoms with Gasteiger partial charge in [0, 0.05) is 22.6 Å². The first-order valence-electron chi connectivity index (χ1n) is 12.6. The average Bonchev–Trinajstić information content (AvgIpc) is 2.88. The number of carbonyl (C=O) groups is 2. The van der Waals surface area contributed by atoms with Gasteiger partial charge < -0.3 is 10.2 Å². The zero-order chi connectivity index (χ0) is 28.7. The largest absolute Gasteiger partial charge is 0.352 e. The van der Waals surface area contributed by atoms with Gasteiger partial charge in [0.2, 0.25) is 11.8 Å². The number of nitrogens with zero attached hydrogens (tertiary/aromatic N) is 2. The SMILES string of the molecule is CC[C@@H](C(=O)NC(C)C)N(Cc1ccccc1Cl)C(=O)CN(c1ccccc1C)S(=O)(=O)c1ccc(Cl)cc1. The zero-order valence-corrected chi connectivity index (χ0v) is 24.7. The highest BCUT2D eigenvalue weighted by Gasteiger charge is 2.34. The molecule has 0 fully saturated rings. The van der Waals surface area contributed by atoms with Crippen LogP contribution in [0.2, 0.25) is 10.0 Å². The first-order valence-corrected chi connectivity index (χ1v) is 14.8. The van der Waals surface area contributed by atoms with Crippen LogP contribution in [0, 0.1) is 6.92 Å². The van der Waals surface area contributed by atoms with Crippen LogP contribution < -0.4 is 9.62 Å². The molecule has 208 valence electrons. The summed E-state index contributed by atoms with van der Waals surface area (Å²) in [5.74, 6) is -0.864. The summed E-state index contributed by atoms with van der Waals surface area (Å²) in [6, 6.07) is 18.8. The summed E-state index contributed by atoms with van der Waals surface area (Å²) < 4.78 is 28.9. The molecule has 0 aromatic heterocycles. The fourth-order valence-electron chi connectivity index (χ4n) is 4.20. The molecule has 0 aliphatic rings. The number of carbonyl (C=O) groups excluding carboxylic acids is 2. The minimum absolute atomic E-state index is 0.00907. The predicted octanol–water partition coefficient (Wildman–Crippen LogP) is 5.83. The van der Waals surface area contributed by atoms with Crippen molar-refractivity contribution >= 4 is 50.7 Å². The second-order valence-corrected chi connectivity index (χ2v) is 12.2. The number of hydrogen-bond acceptors (Lipinski definition) is 4. The third-order valence-electron chi connectivity index (χ3n) is 6.18. The number of para-hydroxylation sites is 1. The third-order valence-corrected chi connectivity index (χ3v) is 8.57. The topological polar surface area (TPSA) is 86.8 Å². The number of hydrogen-bond donors (Lipinski definition) is 1. The van der Waals surface area contributed by atoms with E-state index < -0.39 is 28.5 Å². The Morgan fingerprint density at radius 2 is 1.54 bits per heavy atom. The molecule has 0 saturated carbocycles. The average molecular weight is 591 g/mol. The van der Waals surface area contributed by atoms with Crippen LogP contribution in [0.1, 0.15) is 38.3 Å². The van der Waals surface area contributed by atoms with Gasteiger partial charge in [0.15, 0.2) is 0 Å². The Kier molecular flexibility index (Phi) is 10.4. The normalized spacial score (nSPS) is 12.2. The van der Waals surface area contributed by atoms with Gasteiger partial charge in [0.25, 0.3) is 10.0 Å². The van der Waals surface area contributed by atoms with Crippen LogP contribution in [0.15, 0.2) is 77.7 Å². The Hall–Kier alpha value is -3.07. The molecule has 0 unspecified atom stereocenters. The Labute approximate surface area is 240 Å². The summed E-state index contributed by atoms with van der Waals surface area (Å²) >= 11 is 12.4. The summed E-state index contributed by atoms with van der Waals surface area (Å²) in [7, 11) is -4.17. The molecule has 2 amide bonds. The number of anilines is 1. The van der Waals surface area contributed by atoms with Gasteiger partial charge in [-0.3, -0.25) is 13.9 Å². The molecular formula is C29H33Cl2N3O4S. The van der Waals surface area contributed by atoms with E-state index in [2.05, 4.69) is 5.32 Å². The van der Waals surface area contributed by atoms with E-state index in [1.54, 1.807) is 62.4 Å². The maximum Gasteiger partial charge on any atom is 0.264 e. The Morgan fingerprint density at radius 1 is 0.923 bits per heavy atom. The lowest BCUT2D eigenvalue weighted by Gasteiger charge is -2.34. The van der Waals surface area contributed by atoms with Gasteiger partial charge in [-0.2, -0.15) is 0 Å². The Bertz CT molecular complexity index is 1410. The maximum absolute atomic E-state index is 14.1. The van der Waals surface area contributed by atoms with Gasteiger partial charge in [0.05, 0.1) is 10.6 Å². The molecule has 0 aliphatic heterocycles. The summed E-state index contributed by atoms with van der Waals surface area (Å²) in [5.41, 5.74) is 1.68. The quantitative estimate of drug-likeness (QED) is 0.305. The standard InChI is InChI=1S/C29H33Cl2N3O4S/c1-5-26(29(36)32-20(2)3)33(18-22-11-7-8-12-25(22)31)28(35)19-34(27-13-9-6-10-21(27)4)39(37,38)24-16-14-23(30)15-17-24/h6-17,20,26H,5,18-19H2,1-4H3,(H,32,36)/t26-/m0/s1. The summed E-state index contributed by atoms with van der Waals surface area (Å²) in [4.78, 5) is 28.6.